The number of aliphatic hydroxyl groups excluding tert-OH is 1. The number of nitrogens with zero attached hydrogens (tertiary/aromatic N) is 1. The number of carbonyl (C=O) groups excluding carboxylic acids is 2. The third kappa shape index (κ3) is 3.40. The number of ether oxygens (including phenoxy) is 1. The first-order chi connectivity index (χ1) is 14.1. The van der Waals surface area contributed by atoms with Crippen LogP contribution in [0.2, 0.25) is 0 Å². The molecule has 0 saturated carbocycles. The molecule has 146 valence electrons. The van der Waals surface area contributed by atoms with Gasteiger partial charge in [0.05, 0.1) is 31.5 Å². The molecule has 1 amide bonds. The predicted octanol–water partition coefficient (Wildman–Crippen LogP) is 3.91. The molecule has 1 aromatic heterocycles. The van der Waals surface area contributed by atoms with E-state index in [0.29, 0.717) is 17.1 Å². The Labute approximate surface area is 167 Å². The van der Waals surface area contributed by atoms with Crippen LogP contribution in [0, 0.1) is 0 Å². The van der Waals surface area contributed by atoms with Crippen molar-refractivity contribution in [1.82, 2.24) is 4.90 Å². The number of methoxy groups -OCH3 is 1. The maximum Gasteiger partial charge on any atom is 0.296 e. The summed E-state index contributed by atoms with van der Waals surface area (Å²) in [5, 5.41) is 11.0. The summed E-state index contributed by atoms with van der Waals surface area (Å²) in [6.07, 6.45) is 1.51. The maximum atomic E-state index is 12.9. The van der Waals surface area contributed by atoms with Gasteiger partial charge in [0.25, 0.3) is 11.7 Å². The zero-order chi connectivity index (χ0) is 20.4. The molecule has 0 spiro atoms. The van der Waals surface area contributed by atoms with Crippen molar-refractivity contribution in [3.8, 4) is 5.75 Å². The Morgan fingerprint density at radius 2 is 1.86 bits per heavy atom. The molecular formula is C23H19NO5. The predicted molar refractivity (Wildman–Crippen MR) is 106 cm³/mol. The molecular weight excluding hydrogens is 370 g/mol. The second-order valence-corrected chi connectivity index (χ2v) is 6.65. The lowest BCUT2D eigenvalue weighted by atomic mass is 9.95. The zero-order valence-electron chi connectivity index (χ0n) is 15.7. The summed E-state index contributed by atoms with van der Waals surface area (Å²) >= 11 is 0. The first-order valence-corrected chi connectivity index (χ1v) is 9.10. The van der Waals surface area contributed by atoms with Gasteiger partial charge in [0, 0.05) is 5.56 Å². The van der Waals surface area contributed by atoms with Gasteiger partial charge < -0.3 is 19.2 Å². The normalized spacial score (nSPS) is 18.2. The molecule has 0 bridgehead atoms. The van der Waals surface area contributed by atoms with Crippen LogP contribution in [0.1, 0.15) is 22.9 Å². The van der Waals surface area contributed by atoms with Crippen molar-refractivity contribution in [2.45, 2.75) is 12.6 Å². The number of ketones is 1. The Balaban J connectivity index is 1.86. The van der Waals surface area contributed by atoms with E-state index in [1.807, 2.05) is 30.3 Å². The molecule has 2 heterocycles. The lowest BCUT2D eigenvalue weighted by Crippen LogP contribution is -2.29. The van der Waals surface area contributed by atoms with Crippen molar-refractivity contribution in [2.24, 2.45) is 0 Å². The molecule has 4 rings (SSSR count). The van der Waals surface area contributed by atoms with Crippen molar-refractivity contribution < 1.29 is 23.8 Å². The van der Waals surface area contributed by atoms with E-state index in [2.05, 4.69) is 0 Å². The fourth-order valence-corrected chi connectivity index (χ4v) is 3.52. The van der Waals surface area contributed by atoms with Gasteiger partial charge in [-0.15, -0.1) is 0 Å². The highest BCUT2D eigenvalue weighted by Gasteiger charge is 2.46. The van der Waals surface area contributed by atoms with Crippen LogP contribution in [0.25, 0.3) is 5.76 Å². The van der Waals surface area contributed by atoms with Crippen LogP contribution in [0.4, 0.5) is 0 Å². The van der Waals surface area contributed by atoms with E-state index in [0.717, 1.165) is 5.56 Å². The number of Topliss-reactive ketones (excluding diaryl/α,β-unsaturated/α-hetero) is 1. The number of amides is 1. The van der Waals surface area contributed by atoms with E-state index in [1.165, 1.54) is 18.3 Å². The molecule has 0 aliphatic carbocycles. The monoisotopic (exact) mass is 389 g/mol. The smallest absolute Gasteiger partial charge is 0.296 e. The first-order valence-electron chi connectivity index (χ1n) is 9.10. The molecule has 3 aromatic rings. The molecule has 1 atom stereocenters. The van der Waals surface area contributed by atoms with Gasteiger partial charge in [-0.2, -0.15) is 0 Å². The molecule has 1 saturated heterocycles. The number of rotatable bonds is 5. The van der Waals surface area contributed by atoms with Gasteiger partial charge in [-0.3, -0.25) is 9.59 Å². The number of carbonyl (C=O) groups is 2. The van der Waals surface area contributed by atoms with E-state index >= 15 is 0 Å². The molecule has 1 fully saturated rings. The second-order valence-electron chi connectivity index (χ2n) is 6.65. The van der Waals surface area contributed by atoms with Gasteiger partial charge in [-0.1, -0.05) is 42.5 Å². The van der Waals surface area contributed by atoms with Crippen molar-refractivity contribution >= 4 is 17.4 Å². The van der Waals surface area contributed by atoms with E-state index in [4.69, 9.17) is 9.15 Å². The highest BCUT2D eigenvalue weighted by atomic mass is 16.5. The van der Waals surface area contributed by atoms with Crippen molar-refractivity contribution in [3.05, 3.63) is 95.5 Å². The summed E-state index contributed by atoms with van der Waals surface area (Å²) in [6, 6.07) is 18.6. The summed E-state index contributed by atoms with van der Waals surface area (Å²) in [5.74, 6) is -0.562. The third-order valence-electron chi connectivity index (χ3n) is 4.90. The van der Waals surface area contributed by atoms with E-state index in [9.17, 15) is 14.7 Å². The highest BCUT2D eigenvalue weighted by Crippen LogP contribution is 2.40. The zero-order valence-corrected chi connectivity index (χ0v) is 15.7. The van der Waals surface area contributed by atoms with Gasteiger partial charge in [-0.25, -0.2) is 0 Å². The summed E-state index contributed by atoms with van der Waals surface area (Å²) < 4.78 is 10.6. The Bertz CT molecular complexity index is 1070. The number of hydrogen-bond donors (Lipinski definition) is 1. The van der Waals surface area contributed by atoms with Crippen molar-refractivity contribution in [3.63, 3.8) is 0 Å². The molecule has 1 unspecified atom stereocenters. The lowest BCUT2D eigenvalue weighted by molar-refractivity contribution is -0.140. The number of hydrogen-bond acceptors (Lipinski definition) is 5. The Morgan fingerprint density at radius 1 is 1.07 bits per heavy atom. The van der Waals surface area contributed by atoms with Crippen LogP contribution in [-0.2, 0) is 16.1 Å². The van der Waals surface area contributed by atoms with Crippen molar-refractivity contribution in [2.75, 3.05) is 7.11 Å². The van der Waals surface area contributed by atoms with Crippen LogP contribution in [0.15, 0.2) is 83.0 Å². The van der Waals surface area contributed by atoms with Gasteiger partial charge in [0.15, 0.2) is 0 Å². The summed E-state index contributed by atoms with van der Waals surface area (Å²) in [6.45, 7) is 0.117. The van der Waals surface area contributed by atoms with Gasteiger partial charge in [0.1, 0.15) is 17.3 Å². The topological polar surface area (TPSA) is 80.0 Å². The SMILES string of the molecule is COc1cccc(C(O)=C2C(=O)C(=O)N(Cc3ccco3)C2c2ccccc2)c1. The molecule has 0 radical (unpaired) electrons. The molecule has 1 N–H and O–H groups in total. The maximum absolute atomic E-state index is 12.9. The molecule has 1 aliphatic rings. The second kappa shape index (κ2) is 7.67. The van der Waals surface area contributed by atoms with Crippen LogP contribution < -0.4 is 4.74 Å². The van der Waals surface area contributed by atoms with E-state index in [1.54, 1.807) is 36.4 Å². The van der Waals surface area contributed by atoms with Crippen LogP contribution in [-0.4, -0.2) is 28.8 Å². The minimum absolute atomic E-state index is 0.0426. The first kappa shape index (κ1) is 18.6. The van der Waals surface area contributed by atoms with Crippen LogP contribution in [0.5, 0.6) is 5.75 Å². The summed E-state index contributed by atoms with van der Waals surface area (Å²) in [4.78, 5) is 27.2. The number of benzene rings is 2. The van der Waals surface area contributed by atoms with Gasteiger partial charge in [0.2, 0.25) is 0 Å². The molecule has 6 heteroatoms. The number of aliphatic hydroxyl groups is 1. The fourth-order valence-electron chi connectivity index (χ4n) is 3.52. The van der Waals surface area contributed by atoms with Gasteiger partial charge in [-0.05, 0) is 29.8 Å². The summed E-state index contributed by atoms with van der Waals surface area (Å²) in [5.41, 5.74) is 1.17. The number of likely N-dealkylation sites (tertiary alicyclic amines) is 1. The average Bonchev–Trinajstić information content (AvgIpc) is 3.36. The Hall–Kier alpha value is -3.80. The summed E-state index contributed by atoms with van der Waals surface area (Å²) in [7, 11) is 1.52. The minimum Gasteiger partial charge on any atom is -0.507 e. The minimum atomic E-state index is -0.731. The molecule has 29 heavy (non-hydrogen) atoms. The molecule has 2 aromatic carbocycles. The van der Waals surface area contributed by atoms with Gasteiger partial charge >= 0.3 is 0 Å². The van der Waals surface area contributed by atoms with Crippen LogP contribution >= 0.6 is 0 Å². The highest BCUT2D eigenvalue weighted by molar-refractivity contribution is 6.46. The standard InChI is InChI=1S/C23H19NO5/c1-28-17-10-5-9-16(13-17)21(25)19-20(15-7-3-2-4-8-15)24(23(27)22(19)26)14-18-11-6-12-29-18/h2-13,20,25H,14H2,1H3. The number of furan rings is 1. The van der Waals surface area contributed by atoms with E-state index in [-0.39, 0.29) is 17.9 Å². The lowest BCUT2D eigenvalue weighted by Gasteiger charge is -2.24. The Morgan fingerprint density at radius 3 is 2.55 bits per heavy atom. The van der Waals surface area contributed by atoms with Crippen LogP contribution in [0.3, 0.4) is 0 Å². The average molecular weight is 389 g/mol. The quantitative estimate of drug-likeness (QED) is 0.407. The van der Waals surface area contributed by atoms with Crippen molar-refractivity contribution in [1.29, 1.82) is 0 Å². The molecule has 1 aliphatic heterocycles. The fraction of sp³-hybridized carbons (Fsp3) is 0.130. The third-order valence-corrected chi connectivity index (χ3v) is 4.90. The largest absolute Gasteiger partial charge is 0.507 e. The molecule has 6 nitrogen and oxygen atoms in total. The Kier molecular flexibility index (Phi) is 4.91. The van der Waals surface area contributed by atoms with E-state index < -0.39 is 17.7 Å².